The predicted octanol–water partition coefficient (Wildman–Crippen LogP) is 3.23. The maximum atomic E-state index is 5.49. The normalized spacial score (nSPS) is 10.3. The molecule has 1 heterocycles. The molecule has 20 heavy (non-hydrogen) atoms. The molecule has 0 bridgehead atoms. The number of nitrogens with zero attached hydrogens (tertiary/aromatic N) is 2. The third-order valence-corrected chi connectivity index (χ3v) is 2.90. The molecule has 1 aromatic heterocycles. The van der Waals surface area contributed by atoms with Gasteiger partial charge in [-0.1, -0.05) is 36.8 Å². The van der Waals surface area contributed by atoms with Gasteiger partial charge >= 0.3 is 0 Å². The van der Waals surface area contributed by atoms with Gasteiger partial charge in [0.1, 0.15) is 12.1 Å². The Balaban J connectivity index is 1.84. The predicted molar refractivity (Wildman–Crippen MR) is 81.2 cm³/mol. The highest BCUT2D eigenvalue weighted by Gasteiger charge is 1.99. The van der Waals surface area contributed by atoms with Gasteiger partial charge in [-0.3, -0.25) is 0 Å². The molecule has 0 saturated carbocycles. The summed E-state index contributed by atoms with van der Waals surface area (Å²) in [6.45, 7) is 5.70. The van der Waals surface area contributed by atoms with Crippen LogP contribution < -0.4 is 10.1 Å². The number of aromatic nitrogens is 2. The summed E-state index contributed by atoms with van der Waals surface area (Å²) in [5.41, 5.74) is 2.62. The van der Waals surface area contributed by atoms with Crippen molar-refractivity contribution < 1.29 is 4.74 Å². The molecule has 0 amide bonds. The van der Waals surface area contributed by atoms with E-state index in [1.54, 1.807) is 0 Å². The van der Waals surface area contributed by atoms with E-state index in [4.69, 9.17) is 4.74 Å². The maximum Gasteiger partial charge on any atom is 0.218 e. The number of anilines is 1. The van der Waals surface area contributed by atoms with Crippen molar-refractivity contribution in [1.82, 2.24) is 9.97 Å². The highest BCUT2D eigenvalue weighted by molar-refractivity contribution is 5.37. The standard InChI is InChI=1S/C16H21N3O/c1-3-9-20-16-11-15(18-12-19-16)17-8-7-14-6-4-5-13(2)10-14/h4-6,10-12H,3,7-9H2,1-2H3,(H,17,18,19). The van der Waals surface area contributed by atoms with Crippen LogP contribution in [0.4, 0.5) is 5.82 Å². The molecule has 0 unspecified atom stereocenters. The first-order valence-corrected chi connectivity index (χ1v) is 7.02. The van der Waals surface area contributed by atoms with E-state index in [1.807, 2.05) is 6.07 Å². The molecular weight excluding hydrogens is 250 g/mol. The summed E-state index contributed by atoms with van der Waals surface area (Å²) in [7, 11) is 0. The number of rotatable bonds is 7. The van der Waals surface area contributed by atoms with Crippen molar-refractivity contribution in [2.45, 2.75) is 26.7 Å². The van der Waals surface area contributed by atoms with Gasteiger partial charge in [0.2, 0.25) is 5.88 Å². The molecule has 0 aliphatic heterocycles. The Bertz CT molecular complexity index is 543. The van der Waals surface area contributed by atoms with Crippen molar-refractivity contribution in [2.24, 2.45) is 0 Å². The molecule has 4 nitrogen and oxygen atoms in total. The van der Waals surface area contributed by atoms with Crippen LogP contribution in [-0.2, 0) is 6.42 Å². The first kappa shape index (κ1) is 14.3. The lowest BCUT2D eigenvalue weighted by Crippen LogP contribution is -2.07. The SMILES string of the molecule is CCCOc1cc(NCCc2cccc(C)c2)ncn1. The van der Waals surface area contributed by atoms with E-state index in [0.717, 1.165) is 25.2 Å². The van der Waals surface area contributed by atoms with Gasteiger partial charge in [-0.15, -0.1) is 0 Å². The Labute approximate surface area is 120 Å². The maximum absolute atomic E-state index is 5.49. The van der Waals surface area contributed by atoms with Crippen molar-refractivity contribution in [3.05, 3.63) is 47.8 Å². The first-order chi connectivity index (χ1) is 9.78. The third kappa shape index (κ3) is 4.53. The first-order valence-electron chi connectivity index (χ1n) is 7.02. The number of hydrogen-bond donors (Lipinski definition) is 1. The minimum absolute atomic E-state index is 0.625. The third-order valence-electron chi connectivity index (χ3n) is 2.90. The summed E-state index contributed by atoms with van der Waals surface area (Å²) < 4.78 is 5.49. The highest BCUT2D eigenvalue weighted by Crippen LogP contribution is 2.11. The fraction of sp³-hybridized carbons (Fsp3) is 0.375. The quantitative estimate of drug-likeness (QED) is 0.840. The van der Waals surface area contributed by atoms with Gasteiger partial charge in [0.15, 0.2) is 0 Å². The van der Waals surface area contributed by atoms with Crippen molar-refractivity contribution in [3.63, 3.8) is 0 Å². The van der Waals surface area contributed by atoms with E-state index < -0.39 is 0 Å². The summed E-state index contributed by atoms with van der Waals surface area (Å²) in [6.07, 6.45) is 3.47. The van der Waals surface area contributed by atoms with Crippen LogP contribution in [0.1, 0.15) is 24.5 Å². The summed E-state index contributed by atoms with van der Waals surface area (Å²) in [6, 6.07) is 10.4. The average Bonchev–Trinajstić information content (AvgIpc) is 2.46. The topological polar surface area (TPSA) is 47.0 Å². The van der Waals surface area contributed by atoms with Crippen LogP contribution >= 0.6 is 0 Å². The Morgan fingerprint density at radius 1 is 1.20 bits per heavy atom. The smallest absolute Gasteiger partial charge is 0.218 e. The van der Waals surface area contributed by atoms with Gasteiger partial charge in [-0.2, -0.15) is 0 Å². The summed E-state index contributed by atoms with van der Waals surface area (Å²) >= 11 is 0. The van der Waals surface area contributed by atoms with E-state index in [1.165, 1.54) is 17.5 Å². The van der Waals surface area contributed by atoms with Crippen LogP contribution in [0.3, 0.4) is 0 Å². The fourth-order valence-corrected chi connectivity index (χ4v) is 1.92. The number of aryl methyl sites for hydroxylation is 1. The van der Waals surface area contributed by atoms with Crippen LogP contribution in [0.2, 0.25) is 0 Å². The lowest BCUT2D eigenvalue weighted by Gasteiger charge is -2.08. The molecule has 106 valence electrons. The van der Waals surface area contributed by atoms with Gasteiger partial charge in [-0.25, -0.2) is 9.97 Å². The number of nitrogens with one attached hydrogen (secondary N) is 1. The number of ether oxygens (including phenoxy) is 1. The lowest BCUT2D eigenvalue weighted by molar-refractivity contribution is 0.305. The zero-order valence-corrected chi connectivity index (χ0v) is 12.1. The van der Waals surface area contributed by atoms with Crippen LogP contribution in [-0.4, -0.2) is 23.1 Å². The molecule has 0 spiro atoms. The molecule has 4 heteroatoms. The van der Waals surface area contributed by atoms with Gasteiger partial charge in [-0.05, 0) is 25.3 Å². The zero-order valence-electron chi connectivity index (χ0n) is 12.1. The van der Waals surface area contributed by atoms with Crippen LogP contribution in [0.15, 0.2) is 36.7 Å². The van der Waals surface area contributed by atoms with E-state index in [0.29, 0.717) is 12.5 Å². The molecule has 0 saturated heterocycles. The van der Waals surface area contributed by atoms with Gasteiger partial charge in [0.05, 0.1) is 6.61 Å². The minimum Gasteiger partial charge on any atom is -0.478 e. The van der Waals surface area contributed by atoms with Crippen LogP contribution in [0.25, 0.3) is 0 Å². The highest BCUT2D eigenvalue weighted by atomic mass is 16.5. The Kier molecular flexibility index (Phi) is 5.35. The van der Waals surface area contributed by atoms with Crippen LogP contribution in [0, 0.1) is 6.92 Å². The molecule has 0 aliphatic rings. The van der Waals surface area contributed by atoms with Crippen molar-refractivity contribution in [2.75, 3.05) is 18.5 Å². The van der Waals surface area contributed by atoms with E-state index in [-0.39, 0.29) is 0 Å². The van der Waals surface area contributed by atoms with E-state index in [9.17, 15) is 0 Å². The summed E-state index contributed by atoms with van der Waals surface area (Å²) in [4.78, 5) is 8.28. The second-order valence-corrected chi connectivity index (χ2v) is 4.76. The zero-order chi connectivity index (χ0) is 14.2. The second-order valence-electron chi connectivity index (χ2n) is 4.76. The molecule has 1 N–H and O–H groups in total. The fourth-order valence-electron chi connectivity index (χ4n) is 1.92. The van der Waals surface area contributed by atoms with E-state index in [2.05, 4.69) is 53.4 Å². The molecule has 2 rings (SSSR count). The summed E-state index contributed by atoms with van der Waals surface area (Å²) in [5.74, 6) is 1.43. The number of hydrogen-bond acceptors (Lipinski definition) is 4. The second kappa shape index (κ2) is 7.48. The molecular formula is C16H21N3O. The molecule has 0 atom stereocenters. The number of benzene rings is 1. The lowest BCUT2D eigenvalue weighted by atomic mass is 10.1. The largest absolute Gasteiger partial charge is 0.478 e. The van der Waals surface area contributed by atoms with Gasteiger partial charge in [0, 0.05) is 12.6 Å². The summed E-state index contributed by atoms with van der Waals surface area (Å²) in [5, 5.41) is 3.30. The minimum atomic E-state index is 0.625. The molecule has 0 radical (unpaired) electrons. The Morgan fingerprint density at radius 3 is 2.90 bits per heavy atom. The van der Waals surface area contributed by atoms with Crippen molar-refractivity contribution in [1.29, 1.82) is 0 Å². The molecule has 1 aromatic carbocycles. The van der Waals surface area contributed by atoms with Gasteiger partial charge in [0.25, 0.3) is 0 Å². The van der Waals surface area contributed by atoms with Crippen molar-refractivity contribution >= 4 is 5.82 Å². The average molecular weight is 271 g/mol. The van der Waals surface area contributed by atoms with Crippen molar-refractivity contribution in [3.8, 4) is 5.88 Å². The molecule has 2 aromatic rings. The molecule has 0 fully saturated rings. The molecule has 0 aliphatic carbocycles. The Hall–Kier alpha value is -2.10. The Morgan fingerprint density at radius 2 is 2.10 bits per heavy atom. The monoisotopic (exact) mass is 271 g/mol. The van der Waals surface area contributed by atoms with E-state index >= 15 is 0 Å². The van der Waals surface area contributed by atoms with Crippen LogP contribution in [0.5, 0.6) is 5.88 Å². The van der Waals surface area contributed by atoms with Gasteiger partial charge < -0.3 is 10.1 Å².